The maximum atomic E-state index is 14.1. The Bertz CT molecular complexity index is 1130. The van der Waals surface area contributed by atoms with Gasteiger partial charge in [0.1, 0.15) is 17.7 Å². The maximum Gasteiger partial charge on any atom is 0.258 e. The number of aromatic nitrogens is 2. The van der Waals surface area contributed by atoms with Crippen molar-refractivity contribution in [1.29, 1.82) is 0 Å². The largest absolute Gasteiger partial charge is 0.489 e. The molecule has 3 atom stereocenters. The second-order valence-electron chi connectivity index (χ2n) is 9.21. The topological polar surface area (TPSA) is 84.6 Å². The van der Waals surface area contributed by atoms with Crippen LogP contribution in [0, 0.1) is 5.82 Å². The van der Waals surface area contributed by atoms with Crippen LogP contribution in [0.5, 0.6) is 5.75 Å². The molecule has 3 aliphatic rings. The van der Waals surface area contributed by atoms with Crippen molar-refractivity contribution in [2.75, 3.05) is 19.6 Å². The Morgan fingerprint density at radius 3 is 2.51 bits per heavy atom. The molecule has 2 aromatic rings. The van der Waals surface area contributed by atoms with Gasteiger partial charge in [0.05, 0.1) is 30.2 Å². The number of alkyl halides is 2. The summed E-state index contributed by atoms with van der Waals surface area (Å²) in [5.41, 5.74) is 7.49. The molecule has 0 radical (unpaired) electrons. The fourth-order valence-corrected chi connectivity index (χ4v) is 5.47. The van der Waals surface area contributed by atoms with Crippen LogP contribution in [0.3, 0.4) is 0 Å². The van der Waals surface area contributed by atoms with E-state index >= 15 is 0 Å². The summed E-state index contributed by atoms with van der Waals surface area (Å²) >= 11 is 5.86. The quantitative estimate of drug-likeness (QED) is 0.641. The molecule has 1 unspecified atom stereocenters. The number of amides is 1. The molecule has 1 amide bonds. The predicted octanol–water partition coefficient (Wildman–Crippen LogP) is 3.73. The summed E-state index contributed by atoms with van der Waals surface area (Å²) < 4.78 is 46.2. The summed E-state index contributed by atoms with van der Waals surface area (Å²) in [5, 5.41) is 0.389. The molecule has 0 aliphatic carbocycles. The van der Waals surface area contributed by atoms with Crippen molar-refractivity contribution in [2.24, 2.45) is 5.73 Å². The summed E-state index contributed by atoms with van der Waals surface area (Å²) in [6.45, 7) is 0.126. The molecule has 186 valence electrons. The molecule has 1 aromatic heterocycles. The van der Waals surface area contributed by atoms with Crippen molar-refractivity contribution in [1.82, 2.24) is 19.8 Å². The van der Waals surface area contributed by atoms with Gasteiger partial charge in [0, 0.05) is 41.8 Å². The average molecular weight is 508 g/mol. The van der Waals surface area contributed by atoms with E-state index in [0.29, 0.717) is 35.0 Å². The number of hydrogen-bond acceptors (Lipinski definition) is 6. The van der Waals surface area contributed by atoms with Gasteiger partial charge in [-0.1, -0.05) is 11.6 Å². The number of carbonyl (C=O) groups excluding carboxylic acids is 1. The molecule has 2 fully saturated rings. The summed E-state index contributed by atoms with van der Waals surface area (Å²) in [5.74, 6) is -0.339. The lowest BCUT2D eigenvalue weighted by atomic mass is 9.99. The van der Waals surface area contributed by atoms with Crippen LogP contribution in [0.25, 0.3) is 5.57 Å². The number of nitrogens with two attached hydrogens (primary N) is 1. The lowest BCUT2D eigenvalue weighted by molar-refractivity contribution is 0.00717. The highest BCUT2D eigenvalue weighted by atomic mass is 35.5. The molecule has 0 spiro atoms. The SMILES string of the molecule is NC1=C(c2ncc(Cl)cn2)CN(C(=O)c2ccc(F)cc2OC2C[C@H]3CC[C@@H](C2)N3CC(F)F)C1. The molecule has 35 heavy (non-hydrogen) atoms. The normalized spacial score (nSPS) is 24.5. The zero-order valence-electron chi connectivity index (χ0n) is 18.8. The second kappa shape index (κ2) is 9.66. The van der Waals surface area contributed by atoms with Crippen LogP contribution in [-0.2, 0) is 0 Å². The van der Waals surface area contributed by atoms with Gasteiger partial charge >= 0.3 is 0 Å². The number of carbonyl (C=O) groups is 1. The molecular weight excluding hydrogens is 483 g/mol. The highest BCUT2D eigenvalue weighted by Gasteiger charge is 2.42. The molecule has 1 aromatic carbocycles. The van der Waals surface area contributed by atoms with Crippen molar-refractivity contribution in [2.45, 2.75) is 50.3 Å². The predicted molar refractivity (Wildman–Crippen MR) is 124 cm³/mol. The highest BCUT2D eigenvalue weighted by Crippen LogP contribution is 2.38. The fourth-order valence-electron chi connectivity index (χ4n) is 5.37. The van der Waals surface area contributed by atoms with Crippen molar-refractivity contribution >= 4 is 23.1 Å². The molecule has 11 heteroatoms. The van der Waals surface area contributed by atoms with Gasteiger partial charge in [0.25, 0.3) is 12.3 Å². The van der Waals surface area contributed by atoms with Gasteiger partial charge in [0.15, 0.2) is 5.82 Å². The van der Waals surface area contributed by atoms with Gasteiger partial charge in [-0.2, -0.15) is 0 Å². The molecule has 5 rings (SSSR count). The first-order valence-electron chi connectivity index (χ1n) is 11.5. The number of hydrogen-bond donors (Lipinski definition) is 1. The molecule has 3 aliphatic heterocycles. The van der Waals surface area contributed by atoms with Gasteiger partial charge in [0.2, 0.25) is 0 Å². The second-order valence-corrected chi connectivity index (χ2v) is 9.65. The van der Waals surface area contributed by atoms with E-state index in [9.17, 15) is 18.0 Å². The Balaban J connectivity index is 1.31. The Labute approximate surface area is 205 Å². The van der Waals surface area contributed by atoms with Gasteiger partial charge in [-0.3, -0.25) is 9.69 Å². The van der Waals surface area contributed by atoms with Crippen LogP contribution in [0.1, 0.15) is 41.9 Å². The van der Waals surface area contributed by atoms with E-state index in [0.717, 1.165) is 12.8 Å². The van der Waals surface area contributed by atoms with Crippen LogP contribution >= 0.6 is 11.6 Å². The summed E-state index contributed by atoms with van der Waals surface area (Å²) in [7, 11) is 0. The first-order valence-corrected chi connectivity index (χ1v) is 11.9. The lowest BCUT2D eigenvalue weighted by Crippen LogP contribution is -2.48. The third kappa shape index (κ3) is 4.95. The molecule has 2 N–H and O–H groups in total. The van der Waals surface area contributed by atoms with E-state index < -0.39 is 12.2 Å². The molecular formula is C24H25ClF3N5O2. The number of piperidine rings is 1. The van der Waals surface area contributed by atoms with Crippen LogP contribution < -0.4 is 10.5 Å². The number of ether oxygens (including phenoxy) is 1. The summed E-state index contributed by atoms with van der Waals surface area (Å²) in [6, 6.07) is 3.83. The van der Waals surface area contributed by atoms with E-state index in [1.165, 1.54) is 35.5 Å². The Hall–Kier alpha value is -2.85. The lowest BCUT2D eigenvalue weighted by Gasteiger charge is -2.38. The van der Waals surface area contributed by atoms with Gasteiger partial charge in [-0.05, 0) is 37.8 Å². The monoisotopic (exact) mass is 507 g/mol. The third-order valence-electron chi connectivity index (χ3n) is 6.93. The number of benzene rings is 1. The Morgan fingerprint density at radius 1 is 1.17 bits per heavy atom. The highest BCUT2D eigenvalue weighted by molar-refractivity contribution is 6.30. The summed E-state index contributed by atoms with van der Waals surface area (Å²) in [6.07, 6.45) is 3.04. The number of rotatable bonds is 6. The number of halogens is 4. The minimum absolute atomic E-state index is 0.00461. The van der Waals surface area contributed by atoms with Crippen LogP contribution in [-0.4, -0.2) is 69.9 Å². The fraction of sp³-hybridized carbons (Fsp3) is 0.458. The molecule has 7 nitrogen and oxygen atoms in total. The van der Waals surface area contributed by atoms with E-state index in [2.05, 4.69) is 9.97 Å². The van der Waals surface area contributed by atoms with Gasteiger partial charge < -0.3 is 15.4 Å². The van der Waals surface area contributed by atoms with Crippen molar-refractivity contribution in [3.05, 3.63) is 58.5 Å². The van der Waals surface area contributed by atoms with E-state index in [1.807, 2.05) is 4.90 Å². The first-order chi connectivity index (χ1) is 16.8. The van der Waals surface area contributed by atoms with Crippen molar-refractivity contribution in [3.8, 4) is 5.75 Å². The zero-order chi connectivity index (χ0) is 24.7. The van der Waals surface area contributed by atoms with E-state index in [1.54, 1.807) is 0 Å². The molecule has 0 saturated carbocycles. The molecule has 4 heterocycles. The van der Waals surface area contributed by atoms with Gasteiger partial charge in [-0.15, -0.1) is 0 Å². The first kappa shape index (κ1) is 23.9. The Kier molecular flexibility index (Phi) is 6.59. The average Bonchev–Trinajstić information content (AvgIpc) is 3.29. The van der Waals surface area contributed by atoms with E-state index in [4.69, 9.17) is 22.1 Å². The molecule has 2 saturated heterocycles. The minimum atomic E-state index is -2.38. The zero-order valence-corrected chi connectivity index (χ0v) is 19.6. The van der Waals surface area contributed by atoms with Crippen molar-refractivity contribution in [3.63, 3.8) is 0 Å². The standard InChI is InChI=1S/C24H25ClF3N5O2/c25-13-8-30-23(31-9-13)19-10-32(11-20(19)29)24(34)18-4-1-14(26)5-21(18)35-17-6-15-2-3-16(7-17)33(15)12-22(27)28/h1,4-5,8-9,15-17,22H,2-3,6-7,10-12,29H2/t15-,16+,17?. The third-order valence-corrected chi connectivity index (χ3v) is 7.13. The minimum Gasteiger partial charge on any atom is -0.489 e. The van der Waals surface area contributed by atoms with Gasteiger partial charge in [-0.25, -0.2) is 23.1 Å². The van der Waals surface area contributed by atoms with Crippen LogP contribution in [0.4, 0.5) is 13.2 Å². The van der Waals surface area contributed by atoms with Crippen molar-refractivity contribution < 1.29 is 22.7 Å². The van der Waals surface area contributed by atoms with Crippen LogP contribution in [0.2, 0.25) is 5.02 Å². The molecule has 2 bridgehead atoms. The maximum absolute atomic E-state index is 14.1. The number of nitrogens with zero attached hydrogens (tertiary/aromatic N) is 4. The summed E-state index contributed by atoms with van der Waals surface area (Å²) in [4.78, 5) is 25.2. The Morgan fingerprint density at radius 2 is 1.86 bits per heavy atom. The smallest absolute Gasteiger partial charge is 0.258 e. The number of fused-ring (bicyclic) bond motifs is 2. The van der Waals surface area contributed by atoms with Crippen LogP contribution in [0.15, 0.2) is 36.3 Å². The van der Waals surface area contributed by atoms with E-state index in [-0.39, 0.29) is 55.0 Å².